The highest BCUT2D eigenvalue weighted by atomic mass is 15.1. The average molecular weight is 182 g/mol. The van der Waals surface area contributed by atoms with E-state index in [1.54, 1.807) is 0 Å². The van der Waals surface area contributed by atoms with Gasteiger partial charge in [0.2, 0.25) is 0 Å². The second-order valence-electron chi connectivity index (χ2n) is 3.87. The summed E-state index contributed by atoms with van der Waals surface area (Å²) in [6.45, 7) is 3.94. The van der Waals surface area contributed by atoms with E-state index in [-0.39, 0.29) is 0 Å². The molecule has 1 aliphatic rings. The zero-order chi connectivity index (χ0) is 9.68. The van der Waals surface area contributed by atoms with Gasteiger partial charge >= 0.3 is 0 Å². The van der Waals surface area contributed by atoms with Crippen LogP contribution in [0, 0.1) is 5.92 Å². The second-order valence-corrected chi connectivity index (χ2v) is 3.87. The zero-order valence-corrected chi connectivity index (χ0v) is 8.48. The summed E-state index contributed by atoms with van der Waals surface area (Å²) in [5.41, 5.74) is 8.08. The fourth-order valence-electron chi connectivity index (χ4n) is 1.58. The molecule has 0 heterocycles. The molecule has 0 aromatic rings. The molecule has 1 fully saturated rings. The van der Waals surface area contributed by atoms with Gasteiger partial charge in [0, 0.05) is 17.5 Å². The lowest BCUT2D eigenvalue weighted by molar-refractivity contribution is 0.233. The molecule has 1 aliphatic carbocycles. The van der Waals surface area contributed by atoms with Crippen LogP contribution in [0.15, 0.2) is 5.11 Å². The fraction of sp³-hybridized carbons (Fsp3) is 1.00. The second kappa shape index (κ2) is 5.10. The van der Waals surface area contributed by atoms with Crippen LogP contribution in [0.1, 0.15) is 26.2 Å². The summed E-state index contributed by atoms with van der Waals surface area (Å²) >= 11 is 0. The van der Waals surface area contributed by atoms with E-state index in [1.807, 2.05) is 0 Å². The number of azide groups is 1. The van der Waals surface area contributed by atoms with Crippen molar-refractivity contribution in [1.29, 1.82) is 0 Å². The monoisotopic (exact) mass is 182 g/mol. The molecule has 1 atom stereocenters. The lowest BCUT2D eigenvalue weighted by atomic mass is 10.2. The molecule has 13 heavy (non-hydrogen) atoms. The van der Waals surface area contributed by atoms with E-state index >= 15 is 0 Å². The van der Waals surface area contributed by atoms with Crippen molar-refractivity contribution in [3.05, 3.63) is 10.4 Å². The molecule has 4 nitrogen and oxygen atoms in total. The highest BCUT2D eigenvalue weighted by Crippen LogP contribution is 2.34. The molecular weight excluding hydrogens is 164 g/mol. The van der Waals surface area contributed by atoms with Gasteiger partial charge in [0.25, 0.3) is 0 Å². The van der Waals surface area contributed by atoms with Crippen LogP contribution in [0.5, 0.6) is 0 Å². The Balaban J connectivity index is 2.08. The Labute approximate surface area is 79.5 Å². The third-order valence-corrected chi connectivity index (χ3v) is 2.83. The van der Waals surface area contributed by atoms with Gasteiger partial charge in [-0.2, -0.15) is 0 Å². The first-order valence-electron chi connectivity index (χ1n) is 4.97. The number of rotatable bonds is 6. The van der Waals surface area contributed by atoms with Gasteiger partial charge in [0.1, 0.15) is 0 Å². The Hall–Kier alpha value is -0.730. The minimum atomic E-state index is 0.623. The van der Waals surface area contributed by atoms with E-state index in [4.69, 9.17) is 5.53 Å². The molecule has 0 aromatic carbocycles. The van der Waals surface area contributed by atoms with Crippen LogP contribution < -0.4 is 0 Å². The minimum absolute atomic E-state index is 0.623. The minimum Gasteiger partial charge on any atom is -0.303 e. The topological polar surface area (TPSA) is 52.0 Å². The van der Waals surface area contributed by atoms with Crippen molar-refractivity contribution in [2.75, 3.05) is 20.1 Å². The molecule has 4 heteroatoms. The van der Waals surface area contributed by atoms with Crippen molar-refractivity contribution < 1.29 is 0 Å². The van der Waals surface area contributed by atoms with Crippen LogP contribution in [0.2, 0.25) is 0 Å². The Morgan fingerprint density at radius 2 is 2.31 bits per heavy atom. The van der Waals surface area contributed by atoms with Crippen molar-refractivity contribution in [1.82, 2.24) is 4.90 Å². The predicted octanol–water partition coefficient (Wildman–Crippen LogP) is 2.42. The maximum absolute atomic E-state index is 8.08. The van der Waals surface area contributed by atoms with Crippen molar-refractivity contribution in [2.24, 2.45) is 11.0 Å². The first-order chi connectivity index (χ1) is 6.25. The predicted molar refractivity (Wildman–Crippen MR) is 53.4 cm³/mol. The SMILES string of the molecule is CC(C1CC1)N(C)CCCN=[N+]=[N-]. The zero-order valence-electron chi connectivity index (χ0n) is 8.48. The van der Waals surface area contributed by atoms with Gasteiger partial charge < -0.3 is 4.90 Å². The highest BCUT2D eigenvalue weighted by molar-refractivity contribution is 4.83. The average Bonchev–Trinajstić information content (AvgIpc) is 2.94. The number of nitrogens with zero attached hydrogens (tertiary/aromatic N) is 4. The normalized spacial score (nSPS) is 18.4. The number of hydrogen-bond acceptors (Lipinski definition) is 2. The van der Waals surface area contributed by atoms with E-state index in [2.05, 4.69) is 28.9 Å². The lowest BCUT2D eigenvalue weighted by Gasteiger charge is -2.23. The standard InChI is InChI=1S/C9H18N4/c1-8(9-4-5-9)13(2)7-3-6-11-12-10/h8-9H,3-7H2,1-2H3. The molecule has 0 N–H and O–H groups in total. The van der Waals surface area contributed by atoms with Gasteiger partial charge in [-0.3, -0.25) is 0 Å². The summed E-state index contributed by atoms with van der Waals surface area (Å²) in [6, 6.07) is 0.700. The van der Waals surface area contributed by atoms with Gasteiger partial charge in [0.05, 0.1) is 0 Å². The molecule has 74 valence electrons. The van der Waals surface area contributed by atoms with E-state index < -0.39 is 0 Å². The van der Waals surface area contributed by atoms with Crippen molar-refractivity contribution in [3.63, 3.8) is 0 Å². The number of hydrogen-bond donors (Lipinski definition) is 0. The van der Waals surface area contributed by atoms with Gasteiger partial charge in [-0.05, 0) is 51.2 Å². The Bertz CT molecular complexity index is 194. The highest BCUT2D eigenvalue weighted by Gasteiger charge is 2.29. The van der Waals surface area contributed by atoms with Gasteiger partial charge in [-0.25, -0.2) is 0 Å². The van der Waals surface area contributed by atoms with Crippen LogP contribution in [0.3, 0.4) is 0 Å². The molecule has 1 unspecified atom stereocenters. The molecule has 0 spiro atoms. The molecule has 0 amide bonds. The van der Waals surface area contributed by atoms with Crippen LogP contribution in [0.4, 0.5) is 0 Å². The first kappa shape index (κ1) is 10.4. The molecule has 0 radical (unpaired) electrons. The summed E-state index contributed by atoms with van der Waals surface area (Å²) in [7, 11) is 2.15. The summed E-state index contributed by atoms with van der Waals surface area (Å²) in [5.74, 6) is 0.921. The molecule has 0 aromatic heterocycles. The van der Waals surface area contributed by atoms with Gasteiger partial charge in [-0.15, -0.1) is 0 Å². The van der Waals surface area contributed by atoms with Crippen LogP contribution in [-0.2, 0) is 0 Å². The third kappa shape index (κ3) is 3.66. The maximum Gasteiger partial charge on any atom is 0.0270 e. The molecule has 1 rings (SSSR count). The van der Waals surface area contributed by atoms with Crippen LogP contribution in [0.25, 0.3) is 10.4 Å². The maximum atomic E-state index is 8.08. The summed E-state index contributed by atoms with van der Waals surface area (Å²) in [5, 5.41) is 3.52. The van der Waals surface area contributed by atoms with Crippen molar-refractivity contribution >= 4 is 0 Å². The summed E-state index contributed by atoms with van der Waals surface area (Å²) in [4.78, 5) is 5.10. The first-order valence-corrected chi connectivity index (χ1v) is 4.97. The largest absolute Gasteiger partial charge is 0.303 e. The molecule has 0 bridgehead atoms. The van der Waals surface area contributed by atoms with Gasteiger partial charge in [0.15, 0.2) is 0 Å². The van der Waals surface area contributed by atoms with E-state index in [0.717, 1.165) is 18.9 Å². The van der Waals surface area contributed by atoms with Gasteiger partial charge in [-0.1, -0.05) is 5.11 Å². The molecule has 1 saturated carbocycles. The summed E-state index contributed by atoms with van der Waals surface area (Å²) < 4.78 is 0. The molecular formula is C9H18N4. The molecule has 0 aliphatic heterocycles. The quantitative estimate of drug-likeness (QED) is 0.269. The lowest BCUT2D eigenvalue weighted by Crippen LogP contribution is -2.31. The molecule has 0 saturated heterocycles. The fourth-order valence-corrected chi connectivity index (χ4v) is 1.58. The van der Waals surface area contributed by atoms with E-state index in [0.29, 0.717) is 12.6 Å². The van der Waals surface area contributed by atoms with Crippen molar-refractivity contribution in [3.8, 4) is 0 Å². The summed E-state index contributed by atoms with van der Waals surface area (Å²) in [6.07, 6.45) is 3.75. The Morgan fingerprint density at radius 3 is 2.85 bits per heavy atom. The third-order valence-electron chi connectivity index (χ3n) is 2.83. The van der Waals surface area contributed by atoms with Crippen molar-refractivity contribution in [2.45, 2.75) is 32.2 Å². The Morgan fingerprint density at radius 1 is 1.62 bits per heavy atom. The van der Waals surface area contributed by atoms with E-state index in [1.165, 1.54) is 12.8 Å². The smallest absolute Gasteiger partial charge is 0.0270 e. The Kier molecular flexibility index (Phi) is 4.06. The van der Waals surface area contributed by atoms with Crippen LogP contribution in [-0.4, -0.2) is 31.1 Å². The van der Waals surface area contributed by atoms with Crippen LogP contribution >= 0.6 is 0 Å². The van der Waals surface area contributed by atoms with E-state index in [9.17, 15) is 0 Å².